The Morgan fingerprint density at radius 1 is 1.12 bits per heavy atom. The standard InChI is InChI=1S/C13H30NO2P/c1-12(2)14(13(3)4)17(5)16-11-9-7-6-8-10-15/h12-13,15H,6-11H2,1-5H3/i15D. The Balaban J connectivity index is 3.65. The summed E-state index contributed by atoms with van der Waals surface area (Å²) in [5.41, 5.74) is 0. The highest BCUT2D eigenvalue weighted by atomic mass is 31.2. The number of nitrogens with zero attached hydrogens (tertiary/aromatic N) is 1. The molecule has 4 heteroatoms. The van der Waals surface area contributed by atoms with E-state index in [-0.39, 0.29) is 0 Å². The van der Waals surface area contributed by atoms with Crippen molar-refractivity contribution in [1.82, 2.24) is 4.67 Å². The summed E-state index contributed by atoms with van der Waals surface area (Å²) in [6, 6.07) is 1.07. The molecule has 3 nitrogen and oxygen atoms in total. The maximum Gasteiger partial charge on any atom is 0.210 e. The first-order valence-corrected chi connectivity index (χ1v) is 8.39. The lowest BCUT2D eigenvalue weighted by Crippen LogP contribution is -2.32. The summed E-state index contributed by atoms with van der Waals surface area (Å²) in [5, 5.41) is 4.29. The summed E-state index contributed by atoms with van der Waals surface area (Å²) in [6.07, 6.45) is 4.38. The molecule has 0 aliphatic carbocycles. The molecule has 0 aromatic carbocycles. The Hall–Kier alpha value is 0.310. The van der Waals surface area contributed by atoms with E-state index < -0.39 is 8.30 Å². The second-order valence-corrected chi connectivity index (χ2v) is 6.63. The average molecular weight is 264 g/mol. The third-order valence-corrected chi connectivity index (χ3v) is 4.83. The Morgan fingerprint density at radius 3 is 2.24 bits per heavy atom. The van der Waals surface area contributed by atoms with Crippen molar-refractivity contribution in [2.24, 2.45) is 0 Å². The molecule has 0 aromatic rings. The van der Waals surface area contributed by atoms with Crippen molar-refractivity contribution in [3.05, 3.63) is 0 Å². The molecule has 0 spiro atoms. The first-order valence-electron chi connectivity index (χ1n) is 7.14. The summed E-state index contributed by atoms with van der Waals surface area (Å²) in [5.74, 6) is 0. The van der Waals surface area contributed by atoms with Gasteiger partial charge >= 0.3 is 0 Å². The van der Waals surface area contributed by atoms with Crippen LogP contribution in [0.25, 0.3) is 0 Å². The van der Waals surface area contributed by atoms with Gasteiger partial charge in [0, 0.05) is 18.7 Å². The van der Waals surface area contributed by atoms with Gasteiger partial charge in [-0.3, -0.25) is 4.67 Å². The first kappa shape index (κ1) is 15.4. The predicted octanol–water partition coefficient (Wildman–Crippen LogP) is 3.62. The Labute approximate surface area is 110 Å². The molecule has 0 saturated heterocycles. The number of hydrogen-bond donors (Lipinski definition) is 1. The molecule has 104 valence electrons. The van der Waals surface area contributed by atoms with E-state index in [1.165, 1.54) is 0 Å². The molecule has 0 heterocycles. The van der Waals surface area contributed by atoms with Crippen LogP contribution in [0.4, 0.5) is 0 Å². The van der Waals surface area contributed by atoms with Gasteiger partial charge in [0.05, 0.1) is 6.61 Å². The number of hydrogen-bond acceptors (Lipinski definition) is 3. The van der Waals surface area contributed by atoms with Gasteiger partial charge in [0.2, 0.25) is 1.43 Å². The van der Waals surface area contributed by atoms with E-state index in [9.17, 15) is 0 Å². The van der Waals surface area contributed by atoms with Crippen molar-refractivity contribution in [3.8, 4) is 0 Å². The van der Waals surface area contributed by atoms with Crippen LogP contribution in [-0.2, 0) is 4.52 Å². The Morgan fingerprint density at radius 2 is 1.71 bits per heavy atom. The zero-order chi connectivity index (χ0) is 14.0. The molecule has 1 unspecified atom stereocenters. The number of unbranched alkanes of at least 4 members (excludes halogenated alkanes) is 3. The molecule has 0 aliphatic heterocycles. The summed E-state index contributed by atoms with van der Waals surface area (Å²) >= 11 is 0. The minimum Gasteiger partial charge on any atom is -0.396 e. The van der Waals surface area contributed by atoms with Crippen LogP contribution in [-0.4, -0.2) is 43.2 Å². The van der Waals surface area contributed by atoms with Gasteiger partial charge in [-0.15, -0.1) is 0 Å². The largest absolute Gasteiger partial charge is 0.396 e. The zero-order valence-corrected chi connectivity index (χ0v) is 13.0. The van der Waals surface area contributed by atoms with Gasteiger partial charge in [0.1, 0.15) is 8.30 Å². The van der Waals surface area contributed by atoms with E-state index in [0.717, 1.165) is 32.3 Å². The maximum atomic E-state index is 6.58. The zero-order valence-electron chi connectivity index (χ0n) is 13.1. The minimum atomic E-state index is -0.472. The van der Waals surface area contributed by atoms with Crippen LogP contribution in [0.5, 0.6) is 0 Å². The monoisotopic (exact) mass is 264 g/mol. The van der Waals surface area contributed by atoms with E-state index >= 15 is 0 Å². The SMILES string of the molecule is [2H]OCCCCCCOP(C)N(C(C)C)C(C)C. The van der Waals surface area contributed by atoms with Crippen LogP contribution in [0, 0.1) is 0 Å². The van der Waals surface area contributed by atoms with E-state index in [2.05, 4.69) is 44.1 Å². The third-order valence-electron chi connectivity index (χ3n) is 2.70. The number of aliphatic hydroxyl groups excluding tert-OH is 1. The van der Waals surface area contributed by atoms with Gasteiger partial charge < -0.3 is 9.63 Å². The third kappa shape index (κ3) is 8.10. The van der Waals surface area contributed by atoms with Gasteiger partial charge in [-0.25, -0.2) is 0 Å². The van der Waals surface area contributed by atoms with E-state index in [1.807, 2.05) is 0 Å². The number of rotatable bonds is 11. The molecule has 0 aromatic heterocycles. The molecule has 17 heavy (non-hydrogen) atoms. The van der Waals surface area contributed by atoms with Crippen LogP contribution < -0.4 is 0 Å². The van der Waals surface area contributed by atoms with Crippen LogP contribution in [0.2, 0.25) is 0 Å². The quantitative estimate of drug-likeness (QED) is 0.457. The van der Waals surface area contributed by atoms with Gasteiger partial charge in [-0.05, 0) is 47.2 Å². The smallest absolute Gasteiger partial charge is 0.210 e. The van der Waals surface area contributed by atoms with Crippen molar-refractivity contribution in [2.75, 3.05) is 19.9 Å². The molecule has 0 saturated carbocycles. The molecular weight excluding hydrogens is 233 g/mol. The van der Waals surface area contributed by atoms with Crippen LogP contribution in [0.15, 0.2) is 0 Å². The lowest BCUT2D eigenvalue weighted by atomic mass is 10.2. The molecule has 0 bridgehead atoms. The molecule has 1 N–H and O–H groups in total. The second kappa shape index (κ2) is 10.3. The molecule has 0 fully saturated rings. The van der Waals surface area contributed by atoms with Crippen LogP contribution >= 0.6 is 8.30 Å². The summed E-state index contributed by atoms with van der Waals surface area (Å²) in [6.45, 7) is 12.5. The molecule has 0 amide bonds. The summed E-state index contributed by atoms with van der Waals surface area (Å²) in [4.78, 5) is 0. The van der Waals surface area contributed by atoms with Gasteiger partial charge in [-0.2, -0.15) is 0 Å². The van der Waals surface area contributed by atoms with Gasteiger partial charge in [-0.1, -0.05) is 12.8 Å². The van der Waals surface area contributed by atoms with E-state index in [0.29, 0.717) is 18.7 Å². The highest BCUT2D eigenvalue weighted by Crippen LogP contribution is 2.40. The van der Waals surface area contributed by atoms with Crippen molar-refractivity contribution in [1.29, 1.82) is 1.43 Å². The maximum absolute atomic E-state index is 6.58. The Bertz CT molecular complexity index is 186. The summed E-state index contributed by atoms with van der Waals surface area (Å²) < 4.78 is 15.0. The Kier molecular flexibility index (Phi) is 9.27. The van der Waals surface area contributed by atoms with E-state index in [4.69, 9.17) is 5.95 Å². The molecule has 1 atom stereocenters. The average Bonchev–Trinajstić information content (AvgIpc) is 2.26. The molecule has 0 aliphatic rings. The first-order chi connectivity index (χ1) is 8.50. The lowest BCUT2D eigenvalue weighted by Gasteiger charge is -2.35. The molecule has 0 radical (unpaired) electrons. The predicted molar refractivity (Wildman–Crippen MR) is 76.5 cm³/mol. The van der Waals surface area contributed by atoms with Crippen molar-refractivity contribution < 1.29 is 9.63 Å². The van der Waals surface area contributed by atoms with Gasteiger partial charge in [0.25, 0.3) is 0 Å². The van der Waals surface area contributed by atoms with E-state index in [1.54, 1.807) is 0 Å². The topological polar surface area (TPSA) is 32.7 Å². The van der Waals surface area contributed by atoms with Gasteiger partial charge in [0.15, 0.2) is 0 Å². The highest BCUT2D eigenvalue weighted by Gasteiger charge is 2.20. The summed E-state index contributed by atoms with van der Waals surface area (Å²) in [7, 11) is -0.472. The fraction of sp³-hybridized carbons (Fsp3) is 1.00. The fourth-order valence-electron chi connectivity index (χ4n) is 2.07. The lowest BCUT2D eigenvalue weighted by molar-refractivity contribution is 0.248. The molecule has 0 rings (SSSR count). The van der Waals surface area contributed by atoms with Crippen molar-refractivity contribution in [3.63, 3.8) is 0 Å². The number of aliphatic hydroxyl groups is 1. The van der Waals surface area contributed by atoms with Crippen LogP contribution in [0.3, 0.4) is 0 Å². The van der Waals surface area contributed by atoms with Crippen molar-refractivity contribution >= 4 is 8.30 Å². The fourth-order valence-corrected chi connectivity index (χ4v) is 3.90. The van der Waals surface area contributed by atoms with Crippen molar-refractivity contribution in [2.45, 2.75) is 65.5 Å². The van der Waals surface area contributed by atoms with Crippen LogP contribution in [0.1, 0.15) is 53.4 Å². The molecular formula is C13H30NO2P. The normalized spacial score (nSPS) is 14.7. The highest BCUT2D eigenvalue weighted by molar-refractivity contribution is 7.49. The second-order valence-electron chi connectivity index (χ2n) is 4.98. The minimum absolute atomic E-state index is 0.472.